The Morgan fingerprint density at radius 3 is 2.68 bits per heavy atom. The summed E-state index contributed by atoms with van der Waals surface area (Å²) in [6.07, 6.45) is 1.66. The number of aromatic nitrogens is 3. The van der Waals surface area contributed by atoms with Gasteiger partial charge < -0.3 is 4.57 Å². The number of fused-ring (bicyclic) bond motifs is 3. The highest BCUT2D eigenvalue weighted by Crippen LogP contribution is 2.29. The number of rotatable bonds is 4. The number of hydrogen-bond acceptors (Lipinski definition) is 3. The molecule has 0 atom stereocenters. The average Bonchev–Trinajstić information content (AvgIpc) is 3.14. The first-order valence-corrected chi connectivity index (χ1v) is 9.84. The van der Waals surface area contributed by atoms with Crippen molar-refractivity contribution in [3.8, 4) is 0 Å². The second-order valence-corrected chi connectivity index (χ2v) is 7.40. The maximum atomic E-state index is 12.4. The van der Waals surface area contributed by atoms with Crippen LogP contribution in [0.5, 0.6) is 0 Å². The molecule has 1 amide bonds. The molecule has 2 aromatic carbocycles. The number of aryl methyl sites for hydroxylation is 3. The minimum Gasteiger partial charge on any atom is -0.341 e. The van der Waals surface area contributed by atoms with E-state index in [4.69, 9.17) is 0 Å². The van der Waals surface area contributed by atoms with Gasteiger partial charge in [-0.1, -0.05) is 24.3 Å². The lowest BCUT2D eigenvalue weighted by Crippen LogP contribution is -2.21. The monoisotopic (exact) mass is 437 g/mol. The van der Waals surface area contributed by atoms with Gasteiger partial charge in [-0.25, -0.2) is 5.43 Å². The Balaban J connectivity index is 1.63. The summed E-state index contributed by atoms with van der Waals surface area (Å²) in [5.74, 6) is -0.310. The van der Waals surface area contributed by atoms with Crippen LogP contribution in [0.1, 0.15) is 28.7 Å². The number of hydrazone groups is 1. The Hall–Kier alpha value is -2.93. The van der Waals surface area contributed by atoms with Gasteiger partial charge in [-0.15, -0.1) is 0 Å². The molecular weight excluding hydrogens is 418 g/mol. The van der Waals surface area contributed by atoms with E-state index in [-0.39, 0.29) is 5.91 Å². The van der Waals surface area contributed by atoms with Crippen molar-refractivity contribution in [3.63, 3.8) is 0 Å². The molecule has 0 aliphatic heterocycles. The number of para-hydroxylation sites is 1. The summed E-state index contributed by atoms with van der Waals surface area (Å²) >= 11 is 3.40. The zero-order chi connectivity index (χ0) is 19.8. The smallest absolute Gasteiger partial charge is 0.290 e. The topological polar surface area (TPSA) is 64.2 Å². The molecule has 0 aliphatic rings. The fraction of sp³-hybridized carbons (Fsp3) is 0.190. The van der Waals surface area contributed by atoms with Crippen LogP contribution in [0.2, 0.25) is 0 Å². The Labute approximate surface area is 171 Å². The molecule has 2 heterocycles. The predicted molar refractivity (Wildman–Crippen MR) is 116 cm³/mol. The van der Waals surface area contributed by atoms with Crippen molar-refractivity contribution in [3.05, 3.63) is 63.9 Å². The highest BCUT2D eigenvalue weighted by molar-refractivity contribution is 9.10. The van der Waals surface area contributed by atoms with E-state index in [2.05, 4.69) is 79.4 Å². The summed E-state index contributed by atoms with van der Waals surface area (Å²) in [5, 5.41) is 10.8. The molecule has 0 saturated heterocycles. The van der Waals surface area contributed by atoms with Crippen LogP contribution in [-0.2, 0) is 13.6 Å². The van der Waals surface area contributed by atoms with Gasteiger partial charge in [-0.3, -0.25) is 9.48 Å². The lowest BCUT2D eigenvalue weighted by molar-refractivity contribution is 0.0945. The van der Waals surface area contributed by atoms with Crippen LogP contribution >= 0.6 is 15.9 Å². The Morgan fingerprint density at radius 2 is 1.96 bits per heavy atom. The van der Waals surface area contributed by atoms with E-state index in [1.807, 2.05) is 13.0 Å². The van der Waals surface area contributed by atoms with E-state index in [1.165, 1.54) is 26.5 Å². The quantitative estimate of drug-likeness (QED) is 0.380. The molecule has 0 unspecified atom stereocenters. The first-order valence-electron chi connectivity index (χ1n) is 9.04. The molecule has 0 bridgehead atoms. The standard InChI is InChI=1S/C21H20BrN5O/c1-4-27-17-8-6-5-7-15(17)16-11-14(9-10-18(16)27)12-23-24-21(28)20-19(22)13(2)25-26(20)3/h5-12H,4H2,1-3H3,(H,24,28)/b23-12+. The number of benzene rings is 2. The van der Waals surface area contributed by atoms with Crippen LogP contribution in [0.15, 0.2) is 52.0 Å². The molecule has 4 rings (SSSR count). The zero-order valence-electron chi connectivity index (χ0n) is 15.9. The molecule has 142 valence electrons. The molecule has 0 saturated carbocycles. The van der Waals surface area contributed by atoms with Crippen molar-refractivity contribution in [2.75, 3.05) is 0 Å². The normalized spacial score (nSPS) is 11.7. The molecule has 2 aromatic heterocycles. The SMILES string of the molecule is CCn1c2ccccc2c2cc(/C=N/NC(=O)c3c(Br)c(C)nn3C)ccc21. The van der Waals surface area contributed by atoms with Crippen LogP contribution in [-0.4, -0.2) is 26.5 Å². The fourth-order valence-electron chi connectivity index (χ4n) is 3.59. The zero-order valence-corrected chi connectivity index (χ0v) is 17.5. The molecular formula is C21H20BrN5O. The van der Waals surface area contributed by atoms with Gasteiger partial charge >= 0.3 is 0 Å². The Morgan fingerprint density at radius 1 is 1.21 bits per heavy atom. The van der Waals surface area contributed by atoms with Crippen molar-refractivity contribution in [2.24, 2.45) is 12.1 Å². The lowest BCUT2D eigenvalue weighted by atomic mass is 10.1. The summed E-state index contributed by atoms with van der Waals surface area (Å²) in [6, 6.07) is 14.6. The van der Waals surface area contributed by atoms with Gasteiger partial charge in [0, 0.05) is 35.4 Å². The lowest BCUT2D eigenvalue weighted by Gasteiger charge is -2.03. The molecule has 28 heavy (non-hydrogen) atoms. The maximum Gasteiger partial charge on any atom is 0.290 e. The number of carbonyl (C=O) groups excluding carboxylic acids is 1. The van der Waals surface area contributed by atoms with E-state index >= 15 is 0 Å². The molecule has 0 radical (unpaired) electrons. The van der Waals surface area contributed by atoms with Crippen molar-refractivity contribution in [1.29, 1.82) is 0 Å². The predicted octanol–water partition coefficient (Wildman–Crippen LogP) is 4.38. The molecule has 4 aromatic rings. The van der Waals surface area contributed by atoms with Gasteiger partial charge in [0.15, 0.2) is 0 Å². The number of amides is 1. The van der Waals surface area contributed by atoms with Crippen LogP contribution in [0.25, 0.3) is 21.8 Å². The molecule has 0 spiro atoms. The summed E-state index contributed by atoms with van der Waals surface area (Å²) in [6.45, 7) is 4.90. The number of carbonyl (C=O) groups is 1. The van der Waals surface area contributed by atoms with E-state index in [0.717, 1.165) is 17.8 Å². The van der Waals surface area contributed by atoms with Crippen molar-refractivity contribution in [2.45, 2.75) is 20.4 Å². The van der Waals surface area contributed by atoms with Crippen LogP contribution < -0.4 is 5.43 Å². The van der Waals surface area contributed by atoms with Crippen molar-refractivity contribution >= 4 is 49.9 Å². The summed E-state index contributed by atoms with van der Waals surface area (Å²) in [7, 11) is 1.73. The highest BCUT2D eigenvalue weighted by Gasteiger charge is 2.17. The Kier molecular flexibility index (Phi) is 4.77. The van der Waals surface area contributed by atoms with Crippen LogP contribution in [0, 0.1) is 6.92 Å². The average molecular weight is 438 g/mol. The Bertz CT molecular complexity index is 1230. The minimum atomic E-state index is -0.310. The third-order valence-corrected chi connectivity index (χ3v) is 5.81. The minimum absolute atomic E-state index is 0.310. The highest BCUT2D eigenvalue weighted by atomic mass is 79.9. The van der Waals surface area contributed by atoms with Gasteiger partial charge in [-0.05, 0) is 53.5 Å². The summed E-state index contributed by atoms with van der Waals surface area (Å²) in [5.41, 5.74) is 7.12. The largest absolute Gasteiger partial charge is 0.341 e. The van der Waals surface area contributed by atoms with Crippen LogP contribution in [0.4, 0.5) is 0 Å². The summed E-state index contributed by atoms with van der Waals surface area (Å²) < 4.78 is 4.52. The molecule has 1 N–H and O–H groups in total. The van der Waals surface area contributed by atoms with Crippen LogP contribution in [0.3, 0.4) is 0 Å². The number of nitrogens with zero attached hydrogens (tertiary/aromatic N) is 4. The van der Waals surface area contributed by atoms with Gasteiger partial charge in [0.1, 0.15) is 5.69 Å². The summed E-state index contributed by atoms with van der Waals surface area (Å²) in [4.78, 5) is 12.4. The van der Waals surface area contributed by atoms with E-state index in [0.29, 0.717) is 10.2 Å². The second kappa shape index (κ2) is 7.24. The molecule has 6 nitrogen and oxygen atoms in total. The van der Waals surface area contributed by atoms with Gasteiger partial charge in [0.25, 0.3) is 5.91 Å². The fourth-order valence-corrected chi connectivity index (χ4v) is 4.11. The molecule has 0 fully saturated rings. The number of nitrogens with one attached hydrogen (secondary N) is 1. The van der Waals surface area contributed by atoms with E-state index in [9.17, 15) is 4.79 Å². The molecule has 0 aliphatic carbocycles. The first-order chi connectivity index (χ1) is 13.5. The number of halogens is 1. The van der Waals surface area contributed by atoms with E-state index < -0.39 is 0 Å². The van der Waals surface area contributed by atoms with Gasteiger partial charge in [0.2, 0.25) is 0 Å². The number of hydrogen-bond donors (Lipinski definition) is 1. The van der Waals surface area contributed by atoms with Gasteiger partial charge in [-0.2, -0.15) is 10.2 Å². The van der Waals surface area contributed by atoms with Gasteiger partial charge in [0.05, 0.1) is 16.4 Å². The van der Waals surface area contributed by atoms with Crippen molar-refractivity contribution < 1.29 is 4.79 Å². The maximum absolute atomic E-state index is 12.4. The third-order valence-electron chi connectivity index (χ3n) is 4.86. The third kappa shape index (κ3) is 3.01. The van der Waals surface area contributed by atoms with Crippen molar-refractivity contribution in [1.82, 2.24) is 19.8 Å². The molecule has 7 heteroatoms. The van der Waals surface area contributed by atoms with E-state index in [1.54, 1.807) is 13.3 Å². The second-order valence-electron chi connectivity index (χ2n) is 6.61. The first kappa shape index (κ1) is 18.4.